The Kier molecular flexibility index (Phi) is 5.03. The third kappa shape index (κ3) is 4.11. The minimum atomic E-state index is -0.635. The molecule has 6 heteroatoms. The number of phenolic OH excluding ortho intramolecular Hbond substituents is 1. The van der Waals surface area contributed by atoms with Crippen LogP contribution in [0.25, 0.3) is 0 Å². The van der Waals surface area contributed by atoms with Crippen molar-refractivity contribution in [2.75, 3.05) is 12.4 Å². The Balaban J connectivity index is 1.94. The van der Waals surface area contributed by atoms with Gasteiger partial charge < -0.3 is 14.6 Å². The van der Waals surface area contributed by atoms with Gasteiger partial charge in [-0.2, -0.15) is 0 Å². The van der Waals surface area contributed by atoms with E-state index in [1.807, 2.05) is 0 Å². The van der Waals surface area contributed by atoms with Crippen LogP contribution in [-0.4, -0.2) is 30.4 Å². The van der Waals surface area contributed by atoms with Crippen molar-refractivity contribution in [2.45, 2.75) is 38.2 Å². The van der Waals surface area contributed by atoms with E-state index in [0.29, 0.717) is 5.69 Å². The molecule has 114 valence electrons. The molecule has 0 unspecified atom stereocenters. The van der Waals surface area contributed by atoms with Gasteiger partial charge in [0.05, 0.1) is 7.11 Å². The van der Waals surface area contributed by atoms with Crippen molar-refractivity contribution in [3.63, 3.8) is 0 Å². The van der Waals surface area contributed by atoms with Gasteiger partial charge in [-0.25, -0.2) is 9.59 Å². The van der Waals surface area contributed by atoms with E-state index in [1.54, 1.807) is 0 Å². The molecule has 21 heavy (non-hydrogen) atoms. The van der Waals surface area contributed by atoms with E-state index in [1.165, 1.54) is 31.7 Å². The molecule has 1 fully saturated rings. The van der Waals surface area contributed by atoms with E-state index in [-0.39, 0.29) is 17.4 Å². The summed E-state index contributed by atoms with van der Waals surface area (Å²) >= 11 is 0. The fraction of sp³-hybridized carbons (Fsp3) is 0.467. The second-order valence-corrected chi connectivity index (χ2v) is 5.01. The van der Waals surface area contributed by atoms with Crippen LogP contribution in [-0.2, 0) is 9.47 Å². The molecular formula is C15H19NO5. The number of aromatic hydroxyl groups is 1. The summed E-state index contributed by atoms with van der Waals surface area (Å²) in [5.74, 6) is -0.888. The molecular weight excluding hydrogens is 274 g/mol. The summed E-state index contributed by atoms with van der Waals surface area (Å²) in [5.41, 5.74) is 0.407. The van der Waals surface area contributed by atoms with Crippen molar-refractivity contribution in [3.8, 4) is 5.75 Å². The standard InChI is InChI=1S/C15H19NO5/c1-20-14(18)12-8-7-10(9-13(12)17)16-15(19)21-11-5-3-2-4-6-11/h7-9,11,17H,2-6H2,1H3,(H,16,19). The Hall–Kier alpha value is -2.24. The van der Waals surface area contributed by atoms with Crippen molar-refractivity contribution in [1.29, 1.82) is 0 Å². The molecule has 2 N–H and O–H groups in total. The molecule has 0 aromatic heterocycles. The Morgan fingerprint density at radius 2 is 1.95 bits per heavy atom. The fourth-order valence-corrected chi connectivity index (χ4v) is 2.37. The van der Waals surface area contributed by atoms with Crippen LogP contribution in [0.3, 0.4) is 0 Å². The first-order valence-electron chi connectivity index (χ1n) is 6.99. The highest BCUT2D eigenvalue weighted by molar-refractivity contribution is 5.94. The normalized spacial score (nSPS) is 15.3. The maximum absolute atomic E-state index is 11.8. The predicted molar refractivity (Wildman–Crippen MR) is 76.4 cm³/mol. The van der Waals surface area contributed by atoms with E-state index in [9.17, 15) is 14.7 Å². The minimum absolute atomic E-state index is 0.0401. The van der Waals surface area contributed by atoms with Gasteiger partial charge in [0.25, 0.3) is 0 Å². The van der Waals surface area contributed by atoms with E-state index in [0.717, 1.165) is 25.7 Å². The van der Waals surface area contributed by atoms with Crippen LogP contribution < -0.4 is 5.32 Å². The Morgan fingerprint density at radius 3 is 2.57 bits per heavy atom. The number of carbonyl (C=O) groups is 2. The van der Waals surface area contributed by atoms with E-state index in [4.69, 9.17) is 4.74 Å². The Morgan fingerprint density at radius 1 is 1.24 bits per heavy atom. The van der Waals surface area contributed by atoms with Crippen LogP contribution in [0.5, 0.6) is 5.75 Å². The third-order valence-electron chi connectivity index (χ3n) is 3.48. The summed E-state index contributed by atoms with van der Waals surface area (Å²) in [6, 6.07) is 4.18. The zero-order valence-electron chi connectivity index (χ0n) is 11.9. The molecule has 2 rings (SSSR count). The van der Waals surface area contributed by atoms with Crippen LogP contribution >= 0.6 is 0 Å². The van der Waals surface area contributed by atoms with Crippen LogP contribution in [0, 0.1) is 0 Å². The van der Waals surface area contributed by atoms with Gasteiger partial charge >= 0.3 is 12.1 Å². The van der Waals surface area contributed by atoms with Crippen molar-refractivity contribution in [2.24, 2.45) is 0 Å². The summed E-state index contributed by atoms with van der Waals surface area (Å²) in [7, 11) is 1.23. The summed E-state index contributed by atoms with van der Waals surface area (Å²) in [4.78, 5) is 23.1. The van der Waals surface area contributed by atoms with Crippen LogP contribution in [0.1, 0.15) is 42.5 Å². The zero-order chi connectivity index (χ0) is 15.2. The number of anilines is 1. The van der Waals surface area contributed by atoms with Crippen molar-refractivity contribution >= 4 is 17.7 Å². The molecule has 0 saturated heterocycles. The second-order valence-electron chi connectivity index (χ2n) is 5.01. The first-order valence-corrected chi connectivity index (χ1v) is 6.99. The van der Waals surface area contributed by atoms with Gasteiger partial charge in [-0.1, -0.05) is 6.42 Å². The number of amides is 1. The molecule has 6 nitrogen and oxygen atoms in total. The number of nitrogens with one attached hydrogen (secondary N) is 1. The first kappa shape index (κ1) is 15.2. The zero-order valence-corrected chi connectivity index (χ0v) is 11.9. The van der Waals surface area contributed by atoms with E-state index in [2.05, 4.69) is 10.1 Å². The number of ether oxygens (including phenoxy) is 2. The second kappa shape index (κ2) is 6.97. The highest BCUT2D eigenvalue weighted by Crippen LogP contribution is 2.24. The molecule has 1 aromatic carbocycles. The van der Waals surface area contributed by atoms with Gasteiger partial charge in [0.2, 0.25) is 0 Å². The number of hydrogen-bond acceptors (Lipinski definition) is 5. The maximum Gasteiger partial charge on any atom is 0.411 e. The molecule has 0 heterocycles. The highest BCUT2D eigenvalue weighted by atomic mass is 16.6. The first-order chi connectivity index (χ1) is 10.1. The number of methoxy groups -OCH3 is 1. The minimum Gasteiger partial charge on any atom is -0.507 e. The quantitative estimate of drug-likeness (QED) is 0.837. The lowest BCUT2D eigenvalue weighted by molar-refractivity contribution is 0.0597. The molecule has 0 aliphatic heterocycles. The van der Waals surface area contributed by atoms with Gasteiger partial charge in [-0.05, 0) is 37.8 Å². The molecule has 1 aliphatic carbocycles. The lowest BCUT2D eigenvalue weighted by Crippen LogP contribution is -2.24. The number of carbonyl (C=O) groups excluding carboxylic acids is 2. The summed E-state index contributed by atoms with van der Waals surface area (Å²) in [6.07, 6.45) is 4.53. The molecule has 1 aromatic rings. The molecule has 1 amide bonds. The third-order valence-corrected chi connectivity index (χ3v) is 3.48. The Labute approximate surface area is 123 Å². The number of phenols is 1. The average molecular weight is 293 g/mol. The van der Waals surface area contributed by atoms with E-state index >= 15 is 0 Å². The summed E-state index contributed by atoms with van der Waals surface area (Å²) in [5, 5.41) is 12.3. The van der Waals surface area contributed by atoms with Crippen LogP contribution in [0.4, 0.5) is 10.5 Å². The molecule has 0 spiro atoms. The van der Waals surface area contributed by atoms with Crippen LogP contribution in [0.2, 0.25) is 0 Å². The molecule has 0 atom stereocenters. The number of esters is 1. The summed E-state index contributed by atoms with van der Waals surface area (Å²) < 4.78 is 9.84. The van der Waals surface area contributed by atoms with Gasteiger partial charge in [0, 0.05) is 11.8 Å². The molecule has 0 bridgehead atoms. The molecule has 1 aliphatic rings. The van der Waals surface area contributed by atoms with Crippen LogP contribution in [0.15, 0.2) is 18.2 Å². The number of hydrogen-bond donors (Lipinski definition) is 2. The van der Waals surface area contributed by atoms with E-state index < -0.39 is 12.1 Å². The lowest BCUT2D eigenvalue weighted by atomic mass is 9.98. The summed E-state index contributed by atoms with van der Waals surface area (Å²) in [6.45, 7) is 0. The molecule has 0 radical (unpaired) electrons. The van der Waals surface area contributed by atoms with Crippen molar-refractivity contribution in [1.82, 2.24) is 0 Å². The maximum atomic E-state index is 11.8. The van der Waals surface area contributed by atoms with Gasteiger partial charge in [0.1, 0.15) is 17.4 Å². The van der Waals surface area contributed by atoms with Gasteiger partial charge in [0.15, 0.2) is 0 Å². The molecule has 1 saturated carbocycles. The average Bonchev–Trinajstić information content (AvgIpc) is 2.47. The Bertz CT molecular complexity index is 523. The van der Waals surface area contributed by atoms with Gasteiger partial charge in [-0.15, -0.1) is 0 Å². The predicted octanol–water partition coefficient (Wildman–Crippen LogP) is 3.06. The smallest absolute Gasteiger partial charge is 0.411 e. The highest BCUT2D eigenvalue weighted by Gasteiger charge is 2.18. The monoisotopic (exact) mass is 293 g/mol. The van der Waals surface area contributed by atoms with Crippen molar-refractivity contribution in [3.05, 3.63) is 23.8 Å². The van der Waals surface area contributed by atoms with Gasteiger partial charge in [-0.3, -0.25) is 5.32 Å². The fourth-order valence-electron chi connectivity index (χ4n) is 2.37. The number of rotatable bonds is 3. The number of benzene rings is 1. The SMILES string of the molecule is COC(=O)c1ccc(NC(=O)OC2CCCCC2)cc1O. The van der Waals surface area contributed by atoms with Crippen molar-refractivity contribution < 1.29 is 24.2 Å². The lowest BCUT2D eigenvalue weighted by Gasteiger charge is -2.21. The largest absolute Gasteiger partial charge is 0.507 e. The topological polar surface area (TPSA) is 84.9 Å².